The van der Waals surface area contributed by atoms with E-state index in [0.29, 0.717) is 22.9 Å². The van der Waals surface area contributed by atoms with Gasteiger partial charge in [0, 0.05) is 12.1 Å². The number of ether oxygens (including phenoxy) is 3. The van der Waals surface area contributed by atoms with Crippen LogP contribution in [0.3, 0.4) is 0 Å². The third-order valence-electron chi connectivity index (χ3n) is 5.40. The number of para-hydroxylation sites is 2. The molecule has 3 aromatic carbocycles. The largest absolute Gasteiger partial charge is 0.495 e. The Balaban J connectivity index is 1.39. The number of amides is 2. The van der Waals surface area contributed by atoms with Gasteiger partial charge in [-0.25, -0.2) is 0 Å². The van der Waals surface area contributed by atoms with Gasteiger partial charge in [0.1, 0.15) is 17.2 Å². The SMILES string of the molecule is COc1ccccc1NC(=O)COC(=O)CCC(=O)Nc1ccc(Oc2ccc(C(C)(C)C)cc2)cc1. The molecule has 0 saturated heterocycles. The minimum Gasteiger partial charge on any atom is -0.495 e. The van der Waals surface area contributed by atoms with Gasteiger partial charge in [-0.2, -0.15) is 0 Å². The fourth-order valence-electron chi connectivity index (χ4n) is 3.36. The Labute approximate surface area is 216 Å². The predicted octanol–water partition coefficient (Wildman–Crippen LogP) is 5.69. The number of benzene rings is 3. The molecule has 0 aliphatic heterocycles. The molecule has 0 unspecified atom stereocenters. The molecule has 0 radical (unpaired) electrons. The highest BCUT2D eigenvalue weighted by atomic mass is 16.5. The van der Waals surface area contributed by atoms with Crippen molar-refractivity contribution in [2.75, 3.05) is 24.4 Å². The molecule has 0 fully saturated rings. The summed E-state index contributed by atoms with van der Waals surface area (Å²) in [6.45, 7) is 6.01. The predicted molar refractivity (Wildman–Crippen MR) is 142 cm³/mol. The molecular weight excluding hydrogens is 472 g/mol. The van der Waals surface area contributed by atoms with E-state index in [1.807, 2.05) is 24.3 Å². The molecule has 8 heteroatoms. The zero-order chi connectivity index (χ0) is 26.8. The molecule has 0 aliphatic rings. The van der Waals surface area contributed by atoms with Crippen molar-refractivity contribution in [1.82, 2.24) is 0 Å². The average Bonchev–Trinajstić information content (AvgIpc) is 2.87. The maximum Gasteiger partial charge on any atom is 0.306 e. The van der Waals surface area contributed by atoms with E-state index < -0.39 is 18.5 Å². The first kappa shape index (κ1) is 27.3. The maximum atomic E-state index is 12.2. The van der Waals surface area contributed by atoms with Crippen molar-refractivity contribution < 1.29 is 28.6 Å². The number of carbonyl (C=O) groups excluding carboxylic acids is 3. The molecule has 0 saturated carbocycles. The lowest BCUT2D eigenvalue weighted by atomic mass is 9.87. The fraction of sp³-hybridized carbons (Fsp3) is 0.276. The Morgan fingerprint density at radius 3 is 2.00 bits per heavy atom. The third kappa shape index (κ3) is 8.68. The van der Waals surface area contributed by atoms with E-state index in [1.54, 1.807) is 48.5 Å². The number of hydrogen-bond donors (Lipinski definition) is 2. The van der Waals surface area contributed by atoms with Crippen molar-refractivity contribution in [2.24, 2.45) is 0 Å². The summed E-state index contributed by atoms with van der Waals surface area (Å²) in [6, 6.07) is 21.8. The first-order valence-electron chi connectivity index (χ1n) is 11.9. The Hall–Kier alpha value is -4.33. The standard InChI is InChI=1S/C29H32N2O6/c1-29(2,3)20-9-13-22(14-10-20)37-23-15-11-21(12-16-23)30-26(32)17-18-28(34)36-19-27(33)31-24-7-5-6-8-25(24)35-4/h5-16H,17-19H2,1-4H3,(H,30,32)(H,31,33). The monoisotopic (exact) mass is 504 g/mol. The van der Waals surface area contributed by atoms with Gasteiger partial charge >= 0.3 is 5.97 Å². The lowest BCUT2D eigenvalue weighted by molar-refractivity contribution is -0.147. The zero-order valence-corrected chi connectivity index (χ0v) is 21.5. The number of anilines is 2. The maximum absolute atomic E-state index is 12.2. The highest BCUT2D eigenvalue weighted by molar-refractivity contribution is 5.95. The fourth-order valence-corrected chi connectivity index (χ4v) is 3.36. The normalized spacial score (nSPS) is 10.8. The highest BCUT2D eigenvalue weighted by Crippen LogP contribution is 2.27. The number of esters is 1. The second kappa shape index (κ2) is 12.6. The van der Waals surface area contributed by atoms with Crippen LogP contribution in [0.4, 0.5) is 11.4 Å². The molecule has 3 rings (SSSR count). The van der Waals surface area contributed by atoms with Crippen LogP contribution >= 0.6 is 0 Å². The van der Waals surface area contributed by atoms with Gasteiger partial charge in [0.25, 0.3) is 5.91 Å². The third-order valence-corrected chi connectivity index (χ3v) is 5.40. The van der Waals surface area contributed by atoms with Crippen molar-refractivity contribution in [3.63, 3.8) is 0 Å². The van der Waals surface area contributed by atoms with Crippen LogP contribution in [0.5, 0.6) is 17.2 Å². The van der Waals surface area contributed by atoms with E-state index in [-0.39, 0.29) is 24.2 Å². The summed E-state index contributed by atoms with van der Waals surface area (Å²) in [7, 11) is 1.49. The van der Waals surface area contributed by atoms with Gasteiger partial charge in [0.15, 0.2) is 6.61 Å². The molecule has 0 heterocycles. The van der Waals surface area contributed by atoms with Gasteiger partial charge in [-0.05, 0) is 59.5 Å². The first-order chi connectivity index (χ1) is 17.6. The van der Waals surface area contributed by atoms with Gasteiger partial charge in [0.2, 0.25) is 5.91 Å². The quantitative estimate of drug-likeness (QED) is 0.344. The second-order valence-electron chi connectivity index (χ2n) is 9.36. The van der Waals surface area contributed by atoms with Crippen LogP contribution in [0, 0.1) is 0 Å². The van der Waals surface area contributed by atoms with Crippen molar-refractivity contribution >= 4 is 29.2 Å². The molecule has 2 amide bonds. The zero-order valence-electron chi connectivity index (χ0n) is 21.5. The van der Waals surface area contributed by atoms with E-state index in [0.717, 1.165) is 5.75 Å². The molecule has 3 aromatic rings. The molecule has 0 aromatic heterocycles. The summed E-state index contributed by atoms with van der Waals surface area (Å²) in [6.07, 6.45) is -0.231. The Morgan fingerprint density at radius 1 is 0.757 bits per heavy atom. The van der Waals surface area contributed by atoms with E-state index in [9.17, 15) is 14.4 Å². The molecule has 0 bridgehead atoms. The van der Waals surface area contributed by atoms with Gasteiger partial charge in [-0.15, -0.1) is 0 Å². The van der Waals surface area contributed by atoms with E-state index >= 15 is 0 Å². The Bertz CT molecular complexity index is 1210. The lowest BCUT2D eigenvalue weighted by Gasteiger charge is -2.19. The van der Waals surface area contributed by atoms with Gasteiger partial charge in [-0.1, -0.05) is 45.0 Å². The van der Waals surface area contributed by atoms with Crippen LogP contribution in [0.1, 0.15) is 39.2 Å². The van der Waals surface area contributed by atoms with Crippen LogP contribution in [0.15, 0.2) is 72.8 Å². The number of methoxy groups -OCH3 is 1. The van der Waals surface area contributed by atoms with Crippen molar-refractivity contribution in [3.8, 4) is 17.2 Å². The van der Waals surface area contributed by atoms with Crippen LogP contribution < -0.4 is 20.1 Å². The Morgan fingerprint density at radius 2 is 1.38 bits per heavy atom. The lowest BCUT2D eigenvalue weighted by Crippen LogP contribution is -2.22. The minimum absolute atomic E-state index is 0.0702. The first-order valence-corrected chi connectivity index (χ1v) is 11.9. The van der Waals surface area contributed by atoms with Crippen LogP contribution in [-0.4, -0.2) is 31.5 Å². The highest BCUT2D eigenvalue weighted by Gasteiger charge is 2.14. The Kier molecular flexibility index (Phi) is 9.27. The van der Waals surface area contributed by atoms with Gasteiger partial charge in [0.05, 0.1) is 19.2 Å². The molecule has 8 nitrogen and oxygen atoms in total. The number of rotatable bonds is 10. The van der Waals surface area contributed by atoms with Crippen molar-refractivity contribution in [3.05, 3.63) is 78.4 Å². The van der Waals surface area contributed by atoms with E-state index in [4.69, 9.17) is 14.2 Å². The van der Waals surface area contributed by atoms with E-state index in [2.05, 4.69) is 31.4 Å². The molecule has 0 spiro atoms. The summed E-state index contributed by atoms with van der Waals surface area (Å²) < 4.78 is 16.0. The van der Waals surface area contributed by atoms with Gasteiger partial charge in [-0.3, -0.25) is 14.4 Å². The van der Waals surface area contributed by atoms with Gasteiger partial charge < -0.3 is 24.8 Å². The second-order valence-corrected chi connectivity index (χ2v) is 9.36. The minimum atomic E-state index is -0.647. The summed E-state index contributed by atoms with van der Waals surface area (Å²) in [5.74, 6) is 0.354. The van der Waals surface area contributed by atoms with Crippen molar-refractivity contribution in [1.29, 1.82) is 0 Å². The van der Waals surface area contributed by atoms with Crippen LogP contribution in [0.2, 0.25) is 0 Å². The number of nitrogens with one attached hydrogen (secondary N) is 2. The molecule has 0 atom stereocenters. The number of carbonyl (C=O) groups is 3. The van der Waals surface area contributed by atoms with Crippen molar-refractivity contribution in [2.45, 2.75) is 39.0 Å². The molecule has 37 heavy (non-hydrogen) atoms. The summed E-state index contributed by atoms with van der Waals surface area (Å²) >= 11 is 0. The van der Waals surface area contributed by atoms with E-state index in [1.165, 1.54) is 12.7 Å². The summed E-state index contributed by atoms with van der Waals surface area (Å²) in [4.78, 5) is 36.2. The summed E-state index contributed by atoms with van der Waals surface area (Å²) in [5.41, 5.74) is 2.34. The smallest absolute Gasteiger partial charge is 0.306 e. The molecule has 2 N–H and O–H groups in total. The van der Waals surface area contributed by atoms with Crippen LogP contribution in [0.25, 0.3) is 0 Å². The average molecular weight is 505 g/mol. The summed E-state index contributed by atoms with van der Waals surface area (Å²) in [5, 5.41) is 5.34. The van der Waals surface area contributed by atoms with Crippen LogP contribution in [-0.2, 0) is 24.5 Å². The molecule has 194 valence electrons. The molecule has 0 aliphatic carbocycles. The number of hydrogen-bond acceptors (Lipinski definition) is 6. The topological polar surface area (TPSA) is 103 Å². The molecular formula is C29H32N2O6.